The second kappa shape index (κ2) is 30.9. The number of benzene rings is 4. The van der Waals surface area contributed by atoms with E-state index in [1.54, 1.807) is 7.11 Å². The summed E-state index contributed by atoms with van der Waals surface area (Å²) < 4.78 is 72.2. The molecule has 3 saturated carbocycles. The van der Waals surface area contributed by atoms with Crippen molar-refractivity contribution in [1.29, 1.82) is 0 Å². The second-order valence-corrected chi connectivity index (χ2v) is 34.8. The highest BCUT2D eigenvalue weighted by molar-refractivity contribution is 6.74. The Bertz CT molecular complexity index is 3150. The van der Waals surface area contributed by atoms with E-state index in [9.17, 15) is 19.2 Å². The van der Waals surface area contributed by atoms with Crippen molar-refractivity contribution in [3.63, 3.8) is 0 Å². The van der Waals surface area contributed by atoms with Gasteiger partial charge in [-0.2, -0.15) is 0 Å². The van der Waals surface area contributed by atoms with Crippen molar-refractivity contribution in [2.24, 2.45) is 46.3 Å². The number of fused-ring (bicyclic) bond motifs is 5. The largest absolute Gasteiger partial charge is 0.497 e. The fraction of sp³-hybridized carbons (Fsp3) is 0.610. The molecule has 1 saturated heterocycles. The topological polar surface area (TPSA) is 160 Å². The summed E-state index contributed by atoms with van der Waals surface area (Å²) in [6, 6.07) is 29.1. The molecule has 4 fully saturated rings. The van der Waals surface area contributed by atoms with Crippen molar-refractivity contribution in [2.45, 2.75) is 225 Å². The summed E-state index contributed by atoms with van der Waals surface area (Å²) in [5.74, 6) is 2.14. The molecular weight excluding hydrogens is 1190 g/mol. The average molecular weight is 1300 g/mol. The van der Waals surface area contributed by atoms with E-state index in [1.165, 1.54) is 63.6 Å². The highest BCUT2D eigenvalue weighted by Crippen LogP contribution is 2.67. The molecule has 0 aromatic heterocycles. The highest BCUT2D eigenvalue weighted by Gasteiger charge is 2.60. The summed E-state index contributed by atoms with van der Waals surface area (Å²) in [6.07, 6.45) is 12.2. The lowest BCUT2D eigenvalue weighted by Gasteiger charge is -2.58. The summed E-state index contributed by atoms with van der Waals surface area (Å²) in [6.45, 7) is 22.6. The molecule has 1 heterocycles. The van der Waals surface area contributed by atoms with Gasteiger partial charge in [0.15, 0.2) is 14.4 Å². The van der Waals surface area contributed by atoms with Gasteiger partial charge in [0, 0.05) is 56.6 Å². The summed E-state index contributed by atoms with van der Waals surface area (Å²) in [7, 11) is 0.243. The van der Waals surface area contributed by atoms with Crippen LogP contribution in [0.4, 0.5) is 13.6 Å². The van der Waals surface area contributed by atoms with Gasteiger partial charge in [0.1, 0.15) is 47.4 Å². The number of carbonyl (C=O) groups is 4. The van der Waals surface area contributed by atoms with Crippen LogP contribution in [0.15, 0.2) is 109 Å². The van der Waals surface area contributed by atoms with Gasteiger partial charge >= 0.3 is 12.1 Å². The van der Waals surface area contributed by atoms with Crippen LogP contribution in [0.5, 0.6) is 5.75 Å². The van der Waals surface area contributed by atoms with Gasteiger partial charge in [0.05, 0.1) is 20.1 Å². The molecule has 3 amide bonds. The number of unbranched alkanes of at least 4 members (excludes halogenated alkanes) is 2. The smallest absolute Gasteiger partial charge is 0.407 e. The lowest BCUT2D eigenvalue weighted by atomic mass is 9.47. The first kappa shape index (κ1) is 71.4. The van der Waals surface area contributed by atoms with Crippen LogP contribution in [-0.2, 0) is 49.9 Å². The molecule has 3 N–H and O–H groups in total. The third-order valence-electron chi connectivity index (χ3n) is 22.8. The molecule has 1 aliphatic heterocycles. The van der Waals surface area contributed by atoms with Gasteiger partial charge in [-0.3, -0.25) is 14.4 Å². The Labute approximate surface area is 554 Å². The van der Waals surface area contributed by atoms with Crippen molar-refractivity contribution in [3.8, 4) is 5.75 Å². The van der Waals surface area contributed by atoms with Crippen molar-refractivity contribution < 1.29 is 56.1 Å². The summed E-state index contributed by atoms with van der Waals surface area (Å²) >= 11 is 0. The lowest BCUT2D eigenvalue weighted by Crippen LogP contribution is -2.51. The molecule has 4 aromatic rings. The van der Waals surface area contributed by atoms with Gasteiger partial charge < -0.3 is 44.1 Å². The quantitative estimate of drug-likeness (QED) is 0.0164. The predicted octanol–water partition coefficient (Wildman–Crippen LogP) is 16.6. The SMILES string of the molecule is CNC(=O)CCC(=O)O[C@@H]1C(O[Si](C)(C)C(C)(C)C)[C@H](c2cc(CNC(=O)CCCCCNC(=O)O[C@H]3CC[C@@]4(C)C(=CCC5[C@@H]6CC[C@H]([C@H](C)CCCC(C)C)[C@@]6(C)CC[C@@H]54)C3)c(F)cc2F)O[C@@H]1COC(c1ccccc1)(c1ccccc1)c1ccc(OC)cc1. The van der Waals surface area contributed by atoms with Crippen LogP contribution in [0, 0.1) is 58.0 Å². The van der Waals surface area contributed by atoms with Crippen molar-refractivity contribution in [1.82, 2.24) is 16.0 Å². The maximum Gasteiger partial charge on any atom is 0.407 e. The third-order valence-corrected chi connectivity index (χ3v) is 27.3. The molecule has 16 heteroatoms. The van der Waals surface area contributed by atoms with Crippen LogP contribution in [0.2, 0.25) is 18.1 Å². The number of alkyl carbamates (subject to hydrolysis) is 1. The molecule has 0 bridgehead atoms. The molecule has 13 nitrogen and oxygen atoms in total. The van der Waals surface area contributed by atoms with E-state index in [1.807, 2.05) is 98.0 Å². The molecule has 4 aliphatic carbocycles. The maximum absolute atomic E-state index is 16.8. The Balaban J connectivity index is 0.825. The monoisotopic (exact) mass is 1300 g/mol. The fourth-order valence-electron chi connectivity index (χ4n) is 16.6. The number of ether oxygens (including phenoxy) is 5. The number of rotatable bonds is 28. The maximum atomic E-state index is 16.8. The van der Waals surface area contributed by atoms with E-state index in [0.29, 0.717) is 42.9 Å². The number of methoxy groups -OCH3 is 1. The number of hydrogen-bond acceptors (Lipinski definition) is 10. The highest BCUT2D eigenvalue weighted by atomic mass is 28.4. The minimum atomic E-state index is -2.84. The molecule has 12 atom stereocenters. The van der Waals surface area contributed by atoms with Gasteiger partial charge in [-0.1, -0.05) is 166 Å². The number of carbonyl (C=O) groups excluding carboxylic acids is 4. The number of esters is 1. The molecule has 508 valence electrons. The van der Waals surface area contributed by atoms with E-state index < -0.39 is 62.0 Å². The molecule has 4 aromatic carbocycles. The normalized spacial score (nSPS) is 26.4. The number of allylic oxidation sites excluding steroid dienone is 1. The Morgan fingerprint density at radius 1 is 0.731 bits per heavy atom. The first-order valence-corrected chi connectivity index (χ1v) is 37.7. The number of amides is 3. The third kappa shape index (κ3) is 16.3. The van der Waals surface area contributed by atoms with Gasteiger partial charge in [-0.05, 0) is 157 Å². The summed E-state index contributed by atoms with van der Waals surface area (Å²) in [5.41, 5.74) is 3.12. The van der Waals surface area contributed by atoms with E-state index >= 15 is 8.78 Å². The van der Waals surface area contributed by atoms with Crippen molar-refractivity contribution in [3.05, 3.63) is 148 Å². The summed E-state index contributed by atoms with van der Waals surface area (Å²) in [4.78, 5) is 53.0. The first-order chi connectivity index (χ1) is 44.3. The Hall–Kier alpha value is -5.94. The number of halogens is 2. The minimum absolute atomic E-state index is 0.0192. The van der Waals surface area contributed by atoms with Crippen LogP contribution >= 0.6 is 0 Å². The standard InChI is InChI=1S/C77H107F2N3O10Si/c1-50(2)23-22-24-51(3)61-36-37-62-59-35-32-56-46-58(40-42-75(56,7)63(59)41-43-76(61,62)8)89-73(86)81-44-21-15-20-29-68(84)82-48-52-45-60(65(79)47-64(52)78)70-72(92-93(11,12)74(4,5)6)71(91-69(85)39-38-67(83)80-9)66(90-70)49-88-77(53-25-16-13-17-26-53,54-27-18-14-19-28-54)55-30-33-57(87-10)34-31-55/h13-14,16-19,25-28,30-34,45,47,50-51,58-59,61-63,66,70-72H,15,20-24,29,35-44,46,48-49H2,1-12H3,(H,80,83)(H,81,86)(H,82,84)/t51-,58+,59?,61-,62+,63+,66-,70+,71+,72?,75+,76-/m1/s1. The zero-order chi connectivity index (χ0) is 66.9. The zero-order valence-corrected chi connectivity index (χ0v) is 58.6. The molecule has 0 radical (unpaired) electrons. The average Bonchev–Trinajstić information content (AvgIpc) is 1.70. The lowest BCUT2D eigenvalue weighted by molar-refractivity contribution is -0.159. The van der Waals surface area contributed by atoms with Crippen LogP contribution < -0.4 is 20.7 Å². The van der Waals surface area contributed by atoms with E-state index in [2.05, 4.69) is 77.4 Å². The zero-order valence-electron chi connectivity index (χ0n) is 57.6. The van der Waals surface area contributed by atoms with E-state index in [0.717, 1.165) is 78.0 Å². The Morgan fingerprint density at radius 2 is 1.42 bits per heavy atom. The van der Waals surface area contributed by atoms with Crippen LogP contribution in [0.1, 0.15) is 198 Å². The number of nitrogens with one attached hydrogen (secondary N) is 3. The fourth-order valence-corrected chi connectivity index (χ4v) is 17.8. The van der Waals surface area contributed by atoms with E-state index in [4.69, 9.17) is 28.1 Å². The van der Waals surface area contributed by atoms with Crippen LogP contribution in [0.3, 0.4) is 0 Å². The van der Waals surface area contributed by atoms with Crippen molar-refractivity contribution >= 4 is 32.2 Å². The minimum Gasteiger partial charge on any atom is -0.497 e. The summed E-state index contributed by atoms with van der Waals surface area (Å²) in [5, 5.41) is 7.96. The molecule has 0 spiro atoms. The van der Waals surface area contributed by atoms with Crippen molar-refractivity contribution in [2.75, 3.05) is 27.3 Å². The molecule has 2 unspecified atom stereocenters. The van der Waals surface area contributed by atoms with Gasteiger partial charge in [-0.25, -0.2) is 13.6 Å². The molecule has 5 aliphatic rings. The predicted molar refractivity (Wildman–Crippen MR) is 363 cm³/mol. The Kier molecular flexibility index (Phi) is 23.7. The molecule has 93 heavy (non-hydrogen) atoms. The first-order valence-electron chi connectivity index (χ1n) is 34.8. The molecule has 9 rings (SSSR count). The molecular formula is C77H107F2N3O10Si. The second-order valence-electron chi connectivity index (χ2n) is 30.1. The Morgan fingerprint density at radius 3 is 2.08 bits per heavy atom. The van der Waals surface area contributed by atoms with Gasteiger partial charge in [-0.15, -0.1) is 0 Å². The number of hydrogen-bond donors (Lipinski definition) is 3. The van der Waals surface area contributed by atoms with Crippen LogP contribution in [-0.4, -0.2) is 83.9 Å². The van der Waals surface area contributed by atoms with Crippen LogP contribution in [0.25, 0.3) is 0 Å². The van der Waals surface area contributed by atoms with Gasteiger partial charge in [0.2, 0.25) is 11.8 Å². The van der Waals surface area contributed by atoms with E-state index in [-0.39, 0.29) is 71.9 Å². The van der Waals surface area contributed by atoms with Gasteiger partial charge in [0.25, 0.3) is 0 Å².